The van der Waals surface area contributed by atoms with Crippen molar-refractivity contribution in [3.8, 4) is 0 Å². The fraction of sp³-hybridized carbons (Fsp3) is 0.571. The Bertz CT molecular complexity index is 394. The van der Waals surface area contributed by atoms with E-state index in [1.54, 1.807) is 5.56 Å². The van der Waals surface area contributed by atoms with Crippen LogP contribution in [0.25, 0.3) is 0 Å². The highest BCUT2D eigenvalue weighted by atomic mass is 35.5. The molecule has 1 atom stereocenters. The molecular weight excluding hydrogens is 218 g/mol. The Kier molecular flexibility index (Phi) is 2.91. The summed E-state index contributed by atoms with van der Waals surface area (Å²) in [6, 6.07) is 4.93. The lowest BCUT2D eigenvalue weighted by atomic mass is 9.85. The van der Waals surface area contributed by atoms with Crippen LogP contribution in [0, 0.1) is 0 Å². The van der Waals surface area contributed by atoms with Gasteiger partial charge >= 0.3 is 0 Å². The van der Waals surface area contributed by atoms with Crippen LogP contribution in [0.15, 0.2) is 12.1 Å². The Labute approximate surface area is 102 Å². The largest absolute Gasteiger partial charge is 0.310 e. The topological polar surface area (TPSA) is 12.0 Å². The van der Waals surface area contributed by atoms with Crippen LogP contribution < -0.4 is 5.32 Å². The Morgan fingerprint density at radius 3 is 2.62 bits per heavy atom. The van der Waals surface area contributed by atoms with Crippen LogP contribution in [-0.2, 0) is 12.8 Å². The first kappa shape index (κ1) is 10.6. The van der Waals surface area contributed by atoms with Crippen molar-refractivity contribution in [2.75, 3.05) is 6.54 Å². The SMILES string of the molecule is Clc1ccc([C@@H]2CCCN2)c2c1CCCC2. The summed E-state index contributed by atoms with van der Waals surface area (Å²) in [6.45, 7) is 1.17. The Hall–Kier alpha value is -0.530. The molecule has 1 heterocycles. The molecule has 1 N–H and O–H groups in total. The second kappa shape index (κ2) is 4.38. The number of halogens is 1. The number of hydrogen-bond acceptors (Lipinski definition) is 1. The third kappa shape index (κ3) is 1.76. The highest BCUT2D eigenvalue weighted by Gasteiger charge is 2.23. The third-order valence-corrected chi connectivity index (χ3v) is 4.30. The van der Waals surface area contributed by atoms with Gasteiger partial charge in [-0.05, 0) is 67.8 Å². The van der Waals surface area contributed by atoms with Gasteiger partial charge in [0.05, 0.1) is 0 Å². The molecule has 1 saturated heterocycles. The fourth-order valence-electron chi connectivity index (χ4n) is 3.13. The molecule has 1 aromatic carbocycles. The normalized spacial score (nSPS) is 24.4. The lowest BCUT2D eigenvalue weighted by Crippen LogP contribution is -2.17. The molecule has 0 aromatic heterocycles. The van der Waals surface area contributed by atoms with Crippen molar-refractivity contribution in [1.82, 2.24) is 5.32 Å². The summed E-state index contributed by atoms with van der Waals surface area (Å²) in [5.74, 6) is 0. The third-order valence-electron chi connectivity index (χ3n) is 3.95. The molecule has 0 radical (unpaired) electrons. The molecule has 1 aromatic rings. The molecule has 1 aliphatic carbocycles. The fourth-order valence-corrected chi connectivity index (χ4v) is 3.40. The van der Waals surface area contributed by atoms with E-state index in [4.69, 9.17) is 11.6 Å². The number of fused-ring (bicyclic) bond motifs is 1. The average molecular weight is 236 g/mol. The molecular formula is C14H18ClN. The van der Waals surface area contributed by atoms with Gasteiger partial charge < -0.3 is 5.32 Å². The van der Waals surface area contributed by atoms with Crippen LogP contribution in [0.4, 0.5) is 0 Å². The molecule has 1 aliphatic heterocycles. The molecule has 0 spiro atoms. The molecule has 1 fully saturated rings. The quantitative estimate of drug-likeness (QED) is 0.784. The highest BCUT2D eigenvalue weighted by molar-refractivity contribution is 6.31. The van der Waals surface area contributed by atoms with Gasteiger partial charge in [-0.25, -0.2) is 0 Å². The van der Waals surface area contributed by atoms with Gasteiger partial charge in [0.1, 0.15) is 0 Å². The van der Waals surface area contributed by atoms with Crippen LogP contribution in [0.1, 0.15) is 48.4 Å². The van der Waals surface area contributed by atoms with Crippen LogP contribution in [0.3, 0.4) is 0 Å². The van der Waals surface area contributed by atoms with Crippen molar-refractivity contribution in [1.29, 1.82) is 0 Å². The van der Waals surface area contributed by atoms with Gasteiger partial charge in [0.2, 0.25) is 0 Å². The summed E-state index contributed by atoms with van der Waals surface area (Å²) < 4.78 is 0. The Morgan fingerprint density at radius 1 is 1.06 bits per heavy atom. The maximum Gasteiger partial charge on any atom is 0.0440 e. The van der Waals surface area contributed by atoms with E-state index in [2.05, 4.69) is 17.4 Å². The molecule has 2 heteroatoms. The van der Waals surface area contributed by atoms with Crippen molar-refractivity contribution in [3.05, 3.63) is 33.8 Å². The highest BCUT2D eigenvalue weighted by Crippen LogP contribution is 2.35. The smallest absolute Gasteiger partial charge is 0.0440 e. The number of rotatable bonds is 1. The average Bonchev–Trinajstić information content (AvgIpc) is 2.83. The monoisotopic (exact) mass is 235 g/mol. The zero-order chi connectivity index (χ0) is 11.0. The van der Waals surface area contributed by atoms with Crippen LogP contribution >= 0.6 is 11.6 Å². The van der Waals surface area contributed by atoms with Crippen molar-refractivity contribution in [2.45, 2.75) is 44.6 Å². The van der Waals surface area contributed by atoms with E-state index in [0.29, 0.717) is 6.04 Å². The number of hydrogen-bond donors (Lipinski definition) is 1. The first-order valence-electron chi connectivity index (χ1n) is 6.40. The molecule has 0 bridgehead atoms. The van der Waals surface area contributed by atoms with E-state index >= 15 is 0 Å². The molecule has 2 aliphatic rings. The molecule has 86 valence electrons. The minimum absolute atomic E-state index is 0.587. The minimum Gasteiger partial charge on any atom is -0.310 e. The van der Waals surface area contributed by atoms with Crippen LogP contribution in [-0.4, -0.2) is 6.54 Å². The lowest BCUT2D eigenvalue weighted by Gasteiger charge is -2.23. The summed E-state index contributed by atoms with van der Waals surface area (Å²) in [5, 5.41) is 4.58. The van der Waals surface area contributed by atoms with Gasteiger partial charge in [0.15, 0.2) is 0 Å². The summed E-state index contributed by atoms with van der Waals surface area (Å²) in [7, 11) is 0. The van der Waals surface area contributed by atoms with Gasteiger partial charge in [-0.3, -0.25) is 0 Å². The maximum atomic E-state index is 6.30. The zero-order valence-corrected chi connectivity index (χ0v) is 10.3. The predicted molar refractivity (Wildman–Crippen MR) is 68.1 cm³/mol. The maximum absolute atomic E-state index is 6.30. The molecule has 0 saturated carbocycles. The summed E-state index contributed by atoms with van der Waals surface area (Å²) >= 11 is 6.30. The van der Waals surface area contributed by atoms with E-state index in [1.165, 1.54) is 56.2 Å². The second-order valence-electron chi connectivity index (χ2n) is 4.95. The van der Waals surface area contributed by atoms with Crippen LogP contribution in [0.5, 0.6) is 0 Å². The van der Waals surface area contributed by atoms with Crippen LogP contribution in [0.2, 0.25) is 5.02 Å². The number of benzene rings is 1. The van der Waals surface area contributed by atoms with Crippen molar-refractivity contribution in [2.24, 2.45) is 0 Å². The molecule has 0 unspecified atom stereocenters. The Morgan fingerprint density at radius 2 is 1.88 bits per heavy atom. The number of nitrogens with one attached hydrogen (secondary N) is 1. The Balaban J connectivity index is 2.04. The molecule has 3 rings (SSSR count). The van der Waals surface area contributed by atoms with E-state index in [0.717, 1.165) is 5.02 Å². The minimum atomic E-state index is 0.587. The second-order valence-corrected chi connectivity index (χ2v) is 5.36. The van der Waals surface area contributed by atoms with Gasteiger partial charge in [-0.15, -0.1) is 0 Å². The van der Waals surface area contributed by atoms with E-state index < -0.39 is 0 Å². The molecule has 0 amide bonds. The molecule has 16 heavy (non-hydrogen) atoms. The van der Waals surface area contributed by atoms with Crippen molar-refractivity contribution >= 4 is 11.6 Å². The van der Waals surface area contributed by atoms with Gasteiger partial charge in [0.25, 0.3) is 0 Å². The van der Waals surface area contributed by atoms with Gasteiger partial charge in [-0.2, -0.15) is 0 Å². The van der Waals surface area contributed by atoms with E-state index in [9.17, 15) is 0 Å². The summed E-state index contributed by atoms with van der Waals surface area (Å²) in [4.78, 5) is 0. The molecule has 1 nitrogen and oxygen atoms in total. The van der Waals surface area contributed by atoms with Gasteiger partial charge in [0, 0.05) is 11.1 Å². The van der Waals surface area contributed by atoms with Crippen molar-refractivity contribution < 1.29 is 0 Å². The summed E-state index contributed by atoms with van der Waals surface area (Å²) in [6.07, 6.45) is 7.62. The van der Waals surface area contributed by atoms with E-state index in [-0.39, 0.29) is 0 Å². The standard InChI is InChI=1S/C14H18ClN/c15-13-8-7-12(14-6-3-9-16-14)10-4-1-2-5-11(10)13/h7-8,14,16H,1-6,9H2/t14-/m0/s1. The summed E-state index contributed by atoms with van der Waals surface area (Å²) in [5.41, 5.74) is 4.51. The van der Waals surface area contributed by atoms with Crippen molar-refractivity contribution in [3.63, 3.8) is 0 Å². The predicted octanol–water partition coefficient (Wildman–Crippen LogP) is 3.64. The first-order chi connectivity index (χ1) is 7.86. The van der Waals surface area contributed by atoms with Gasteiger partial charge in [-0.1, -0.05) is 17.7 Å². The lowest BCUT2D eigenvalue weighted by molar-refractivity contribution is 0.616. The van der Waals surface area contributed by atoms with E-state index in [1.807, 2.05) is 0 Å². The zero-order valence-electron chi connectivity index (χ0n) is 9.56. The first-order valence-corrected chi connectivity index (χ1v) is 6.77.